The van der Waals surface area contributed by atoms with E-state index in [4.69, 9.17) is 0 Å². The predicted molar refractivity (Wildman–Crippen MR) is 80.7 cm³/mol. The van der Waals surface area contributed by atoms with E-state index in [1.165, 1.54) is 18.1 Å². The van der Waals surface area contributed by atoms with Crippen LogP contribution >= 0.6 is 0 Å². The molecule has 1 aromatic carbocycles. The second-order valence-corrected chi connectivity index (χ2v) is 6.94. The summed E-state index contributed by atoms with van der Waals surface area (Å²) < 4.78 is 28.4. The number of aryl methyl sites for hydroxylation is 1. The first-order chi connectivity index (χ1) is 10.1. The fraction of sp³-hybridized carbons (Fsp3) is 0.357. The van der Waals surface area contributed by atoms with Crippen molar-refractivity contribution in [1.29, 1.82) is 0 Å². The summed E-state index contributed by atoms with van der Waals surface area (Å²) in [7, 11) is -1.77. The molecule has 1 atom stereocenters. The van der Waals surface area contributed by atoms with E-state index in [9.17, 15) is 8.42 Å². The number of hydrogen-bond acceptors (Lipinski definition) is 4. The number of sulfonamides is 1. The Kier molecular flexibility index (Phi) is 3.69. The van der Waals surface area contributed by atoms with Crippen LogP contribution in [0, 0.1) is 0 Å². The zero-order valence-corrected chi connectivity index (χ0v) is 12.6. The summed E-state index contributed by atoms with van der Waals surface area (Å²) in [5, 5.41) is 3.40. The van der Waals surface area contributed by atoms with Crippen molar-refractivity contribution in [3.63, 3.8) is 0 Å². The molecule has 2 heterocycles. The molecule has 0 amide bonds. The van der Waals surface area contributed by atoms with E-state index in [0.717, 1.165) is 18.7 Å². The van der Waals surface area contributed by atoms with Gasteiger partial charge in [-0.25, -0.2) is 18.1 Å². The van der Waals surface area contributed by atoms with Gasteiger partial charge in [-0.1, -0.05) is 18.2 Å². The Hall–Kier alpha value is -1.86. The molecule has 1 aliphatic heterocycles. The molecule has 0 radical (unpaired) electrons. The maximum absolute atomic E-state index is 12.1. The van der Waals surface area contributed by atoms with E-state index in [0.29, 0.717) is 12.5 Å². The number of nitrogens with zero attached hydrogens (tertiary/aromatic N) is 2. The van der Waals surface area contributed by atoms with Gasteiger partial charge >= 0.3 is 0 Å². The summed E-state index contributed by atoms with van der Waals surface area (Å²) in [4.78, 5) is 3.87. The van der Waals surface area contributed by atoms with Crippen molar-refractivity contribution in [2.24, 2.45) is 7.05 Å². The van der Waals surface area contributed by atoms with Crippen LogP contribution < -0.4 is 10.0 Å². The summed E-state index contributed by atoms with van der Waals surface area (Å²) in [5.41, 5.74) is 2.41. The molecule has 1 unspecified atom stereocenters. The topological polar surface area (TPSA) is 76.0 Å². The lowest BCUT2D eigenvalue weighted by Gasteiger charge is -2.10. The van der Waals surface area contributed by atoms with Gasteiger partial charge in [-0.3, -0.25) is 0 Å². The van der Waals surface area contributed by atoms with Crippen molar-refractivity contribution < 1.29 is 8.42 Å². The van der Waals surface area contributed by atoms with Gasteiger partial charge in [0, 0.05) is 37.9 Å². The van der Waals surface area contributed by atoms with Crippen LogP contribution in [-0.2, 0) is 17.1 Å². The summed E-state index contributed by atoms with van der Waals surface area (Å²) in [6, 6.07) is 8.15. The number of imidazole rings is 1. The number of benzene rings is 1. The number of fused-ring (bicyclic) bond motifs is 1. The minimum Gasteiger partial charge on any atom is -0.384 e. The summed E-state index contributed by atoms with van der Waals surface area (Å²) in [5.74, 6) is 0.340. The van der Waals surface area contributed by atoms with Crippen LogP contribution in [0.15, 0.2) is 41.8 Å². The van der Waals surface area contributed by atoms with Crippen LogP contribution in [-0.4, -0.2) is 31.1 Å². The van der Waals surface area contributed by atoms with Crippen molar-refractivity contribution in [3.05, 3.63) is 42.4 Å². The smallest absolute Gasteiger partial charge is 0.259 e. The molecule has 0 aliphatic carbocycles. The van der Waals surface area contributed by atoms with Crippen molar-refractivity contribution in [1.82, 2.24) is 14.3 Å². The van der Waals surface area contributed by atoms with Crippen LogP contribution in [0.5, 0.6) is 0 Å². The van der Waals surface area contributed by atoms with Gasteiger partial charge in [-0.15, -0.1) is 0 Å². The first-order valence-electron chi connectivity index (χ1n) is 6.87. The summed E-state index contributed by atoms with van der Waals surface area (Å²) in [6.07, 6.45) is 3.73. The van der Waals surface area contributed by atoms with Gasteiger partial charge in [0.15, 0.2) is 5.03 Å². The van der Waals surface area contributed by atoms with E-state index in [1.54, 1.807) is 11.6 Å². The third kappa shape index (κ3) is 2.93. The Balaban J connectivity index is 1.60. The molecule has 0 bridgehead atoms. The first-order valence-corrected chi connectivity index (χ1v) is 8.35. The first kappa shape index (κ1) is 14.1. The molecule has 2 aromatic rings. The normalized spacial score (nSPS) is 17.5. The highest BCUT2D eigenvalue weighted by Gasteiger charge is 2.22. The van der Waals surface area contributed by atoms with E-state index in [2.05, 4.69) is 21.1 Å². The van der Waals surface area contributed by atoms with Crippen molar-refractivity contribution >= 4 is 15.7 Å². The minimum atomic E-state index is -3.51. The predicted octanol–water partition coefficient (Wildman–Crippen LogP) is 1.30. The molecule has 3 rings (SSSR count). The lowest BCUT2D eigenvalue weighted by molar-refractivity contribution is 0.569. The lowest BCUT2D eigenvalue weighted by Crippen LogP contribution is -2.26. The standard InChI is InChI=1S/C14H18N4O2S/c1-18-9-14(16-10-18)21(19,20)17-7-6-11-8-15-13-5-3-2-4-12(11)13/h2-5,9-11,15,17H,6-8H2,1H3. The maximum atomic E-state index is 12.1. The van der Waals surface area contributed by atoms with Gasteiger partial charge in [0.2, 0.25) is 0 Å². The van der Waals surface area contributed by atoms with Gasteiger partial charge in [-0.2, -0.15) is 0 Å². The van der Waals surface area contributed by atoms with Crippen LogP contribution in [0.1, 0.15) is 17.9 Å². The van der Waals surface area contributed by atoms with E-state index in [-0.39, 0.29) is 5.03 Å². The fourth-order valence-corrected chi connectivity index (χ4v) is 3.61. The molecule has 0 spiro atoms. The van der Waals surface area contributed by atoms with E-state index < -0.39 is 10.0 Å². The highest BCUT2D eigenvalue weighted by molar-refractivity contribution is 7.89. The average Bonchev–Trinajstić information content (AvgIpc) is 3.06. The quantitative estimate of drug-likeness (QED) is 0.873. The van der Waals surface area contributed by atoms with Gasteiger partial charge < -0.3 is 9.88 Å². The zero-order chi connectivity index (χ0) is 14.9. The molecule has 0 saturated carbocycles. The average molecular weight is 306 g/mol. The van der Waals surface area contributed by atoms with Crippen molar-refractivity contribution in [2.45, 2.75) is 17.4 Å². The van der Waals surface area contributed by atoms with Crippen molar-refractivity contribution in [2.75, 3.05) is 18.4 Å². The number of anilines is 1. The molecule has 7 heteroatoms. The molecule has 1 aromatic heterocycles. The molecule has 1 aliphatic rings. The highest BCUT2D eigenvalue weighted by atomic mass is 32.2. The highest BCUT2D eigenvalue weighted by Crippen LogP contribution is 2.32. The van der Waals surface area contributed by atoms with Gasteiger partial charge in [0.25, 0.3) is 10.0 Å². The van der Waals surface area contributed by atoms with Gasteiger partial charge in [0.05, 0.1) is 6.33 Å². The van der Waals surface area contributed by atoms with E-state index in [1.807, 2.05) is 18.2 Å². The Morgan fingerprint density at radius 2 is 2.24 bits per heavy atom. The van der Waals surface area contributed by atoms with Gasteiger partial charge in [0.1, 0.15) is 0 Å². The molecule has 2 N–H and O–H groups in total. The van der Waals surface area contributed by atoms with Crippen LogP contribution in [0.25, 0.3) is 0 Å². The van der Waals surface area contributed by atoms with Crippen LogP contribution in [0.2, 0.25) is 0 Å². The molecule has 112 valence electrons. The fourth-order valence-electron chi connectivity index (χ4n) is 2.58. The number of para-hydroxylation sites is 1. The molecule has 0 fully saturated rings. The number of hydrogen-bond donors (Lipinski definition) is 2. The van der Waals surface area contributed by atoms with Crippen molar-refractivity contribution in [3.8, 4) is 0 Å². The Labute approximate surface area is 124 Å². The molecule has 0 saturated heterocycles. The molecule has 21 heavy (non-hydrogen) atoms. The third-order valence-corrected chi connectivity index (χ3v) is 5.03. The number of nitrogens with one attached hydrogen (secondary N) is 2. The Bertz CT molecular complexity index is 739. The monoisotopic (exact) mass is 306 g/mol. The summed E-state index contributed by atoms with van der Waals surface area (Å²) in [6.45, 7) is 1.25. The van der Waals surface area contributed by atoms with Crippen LogP contribution in [0.4, 0.5) is 5.69 Å². The van der Waals surface area contributed by atoms with Crippen LogP contribution in [0.3, 0.4) is 0 Å². The lowest BCUT2D eigenvalue weighted by atomic mass is 9.98. The van der Waals surface area contributed by atoms with Gasteiger partial charge in [-0.05, 0) is 18.1 Å². The Morgan fingerprint density at radius 3 is 3.00 bits per heavy atom. The maximum Gasteiger partial charge on any atom is 0.259 e. The third-order valence-electron chi connectivity index (χ3n) is 3.68. The Morgan fingerprint density at radius 1 is 1.43 bits per heavy atom. The SMILES string of the molecule is Cn1cnc(S(=O)(=O)NCCC2CNc3ccccc32)c1. The molecular formula is C14H18N4O2S. The number of rotatable bonds is 5. The molecule has 6 nitrogen and oxygen atoms in total. The second-order valence-electron chi connectivity index (χ2n) is 5.23. The summed E-state index contributed by atoms with van der Waals surface area (Å²) >= 11 is 0. The molecular weight excluding hydrogens is 288 g/mol. The second kappa shape index (κ2) is 5.50. The number of aromatic nitrogens is 2. The largest absolute Gasteiger partial charge is 0.384 e. The zero-order valence-electron chi connectivity index (χ0n) is 11.8. The van der Waals surface area contributed by atoms with E-state index >= 15 is 0 Å². The minimum absolute atomic E-state index is 0.0648.